The Kier molecular flexibility index (Phi) is 10.0. The molecule has 3 atom stereocenters. The van der Waals surface area contributed by atoms with Crippen LogP contribution in [0.1, 0.15) is 82.3 Å². The molecular formula is C26H42N2O4. The predicted octanol–water partition coefficient (Wildman–Crippen LogP) is 5.24. The molecule has 32 heavy (non-hydrogen) atoms. The third-order valence-corrected chi connectivity index (χ3v) is 7.02. The van der Waals surface area contributed by atoms with E-state index in [2.05, 4.69) is 50.3 Å². The number of carbonyl (C=O) groups is 2. The highest BCUT2D eigenvalue weighted by molar-refractivity contribution is 5.78. The molecule has 0 bridgehead atoms. The van der Waals surface area contributed by atoms with Crippen LogP contribution in [0.2, 0.25) is 0 Å². The molecule has 0 aromatic heterocycles. The summed E-state index contributed by atoms with van der Waals surface area (Å²) in [5.74, 6) is -0.648. The Balaban J connectivity index is 2.39. The quantitative estimate of drug-likeness (QED) is 0.486. The summed E-state index contributed by atoms with van der Waals surface area (Å²) in [5.41, 5.74) is 1.54. The first kappa shape index (κ1) is 26.2. The number of hydrogen-bond donors (Lipinski definition) is 2. The van der Waals surface area contributed by atoms with Crippen molar-refractivity contribution in [3.05, 3.63) is 35.4 Å². The minimum absolute atomic E-state index is 0.298. The van der Waals surface area contributed by atoms with Crippen molar-refractivity contribution in [1.29, 1.82) is 0 Å². The predicted molar refractivity (Wildman–Crippen MR) is 128 cm³/mol. The summed E-state index contributed by atoms with van der Waals surface area (Å²) >= 11 is 0. The molecule has 1 aliphatic carbocycles. The number of carbonyl (C=O) groups excluding carboxylic acids is 1. The second kappa shape index (κ2) is 12.2. The lowest BCUT2D eigenvalue weighted by Gasteiger charge is -2.42. The van der Waals surface area contributed by atoms with Crippen molar-refractivity contribution in [2.24, 2.45) is 11.3 Å². The minimum atomic E-state index is -0.816. The van der Waals surface area contributed by atoms with E-state index in [1.807, 2.05) is 12.1 Å². The zero-order valence-electron chi connectivity index (χ0n) is 20.5. The van der Waals surface area contributed by atoms with Crippen LogP contribution in [-0.2, 0) is 9.53 Å². The summed E-state index contributed by atoms with van der Waals surface area (Å²) in [5, 5.41) is 13.2. The van der Waals surface area contributed by atoms with Crippen molar-refractivity contribution < 1.29 is 19.4 Å². The molecule has 0 radical (unpaired) electrons. The molecule has 180 valence electrons. The summed E-state index contributed by atoms with van der Waals surface area (Å²) in [4.78, 5) is 26.9. The normalized spacial score (nSPS) is 18.6. The molecule has 6 nitrogen and oxygen atoms in total. The van der Waals surface area contributed by atoms with Crippen molar-refractivity contribution in [2.45, 2.75) is 71.1 Å². The Hall–Kier alpha value is -2.08. The second-order valence-corrected chi connectivity index (χ2v) is 9.69. The number of alkyl carbamates (subject to hydrolysis) is 1. The van der Waals surface area contributed by atoms with Gasteiger partial charge in [0.1, 0.15) is 0 Å². The van der Waals surface area contributed by atoms with Gasteiger partial charge in [0.25, 0.3) is 0 Å². The number of nitrogens with one attached hydrogen (secondary N) is 1. The van der Waals surface area contributed by atoms with Gasteiger partial charge < -0.3 is 20.1 Å². The summed E-state index contributed by atoms with van der Waals surface area (Å²) in [7, 11) is 4.17. The SMILES string of the molecule is CCOC(=O)NCC1(C(C(=O)O)c2cccc([C@@H](CC)[C@@H](C)CN(C)C)c2)CCCCC1. The first-order valence-electron chi connectivity index (χ1n) is 12.1. The maximum absolute atomic E-state index is 12.7. The maximum atomic E-state index is 12.7. The highest BCUT2D eigenvalue weighted by Gasteiger charge is 2.45. The van der Waals surface area contributed by atoms with Crippen LogP contribution in [0.4, 0.5) is 4.79 Å². The van der Waals surface area contributed by atoms with Gasteiger partial charge in [-0.3, -0.25) is 4.79 Å². The van der Waals surface area contributed by atoms with Crippen LogP contribution in [-0.4, -0.2) is 55.9 Å². The number of nitrogens with zero attached hydrogens (tertiary/aromatic N) is 1. The molecule has 6 heteroatoms. The molecule has 0 aliphatic heterocycles. The van der Waals surface area contributed by atoms with E-state index in [4.69, 9.17) is 4.74 Å². The van der Waals surface area contributed by atoms with Crippen LogP contribution in [0.25, 0.3) is 0 Å². The molecule has 0 saturated heterocycles. The first-order chi connectivity index (χ1) is 15.2. The van der Waals surface area contributed by atoms with Gasteiger partial charge in [-0.05, 0) is 63.2 Å². The molecule has 1 aromatic rings. The van der Waals surface area contributed by atoms with E-state index in [0.29, 0.717) is 25.0 Å². The molecule has 1 aliphatic rings. The van der Waals surface area contributed by atoms with E-state index >= 15 is 0 Å². The fourth-order valence-electron chi connectivity index (χ4n) is 5.65. The van der Waals surface area contributed by atoms with Gasteiger partial charge in [-0.15, -0.1) is 0 Å². The van der Waals surface area contributed by atoms with Gasteiger partial charge in [0, 0.05) is 18.5 Å². The van der Waals surface area contributed by atoms with E-state index in [-0.39, 0.29) is 0 Å². The molecule has 0 spiro atoms. The number of rotatable bonds is 11. The van der Waals surface area contributed by atoms with Gasteiger partial charge in [-0.2, -0.15) is 0 Å². The fraction of sp³-hybridized carbons (Fsp3) is 0.692. The number of hydrogen-bond acceptors (Lipinski definition) is 4. The van der Waals surface area contributed by atoms with E-state index in [0.717, 1.165) is 50.6 Å². The van der Waals surface area contributed by atoms with Crippen molar-refractivity contribution in [3.63, 3.8) is 0 Å². The Morgan fingerprint density at radius 2 is 1.81 bits per heavy atom. The topological polar surface area (TPSA) is 78.9 Å². The van der Waals surface area contributed by atoms with Crippen LogP contribution in [0.5, 0.6) is 0 Å². The number of carboxylic acid groups (broad SMARTS) is 1. The van der Waals surface area contributed by atoms with Crippen LogP contribution >= 0.6 is 0 Å². The third-order valence-electron chi connectivity index (χ3n) is 7.02. The number of ether oxygens (including phenoxy) is 1. The summed E-state index contributed by atoms with van der Waals surface area (Å²) in [6.07, 6.45) is 5.17. The highest BCUT2D eigenvalue weighted by Crippen LogP contribution is 2.48. The monoisotopic (exact) mass is 446 g/mol. The Morgan fingerprint density at radius 1 is 1.16 bits per heavy atom. The Morgan fingerprint density at radius 3 is 2.38 bits per heavy atom. The van der Waals surface area contributed by atoms with Crippen molar-refractivity contribution in [3.8, 4) is 0 Å². The lowest BCUT2D eigenvalue weighted by Crippen LogP contribution is -2.45. The molecular weight excluding hydrogens is 404 g/mol. The third kappa shape index (κ3) is 6.71. The van der Waals surface area contributed by atoms with Crippen LogP contribution in [0.3, 0.4) is 0 Å². The maximum Gasteiger partial charge on any atom is 0.407 e. The Bertz CT molecular complexity index is 743. The zero-order valence-corrected chi connectivity index (χ0v) is 20.5. The molecule has 1 unspecified atom stereocenters. The molecule has 0 heterocycles. The number of amides is 1. The van der Waals surface area contributed by atoms with E-state index in [1.54, 1.807) is 6.92 Å². The molecule has 2 rings (SSSR count). The lowest BCUT2D eigenvalue weighted by atomic mass is 9.63. The van der Waals surface area contributed by atoms with Gasteiger partial charge in [-0.1, -0.05) is 57.4 Å². The van der Waals surface area contributed by atoms with Crippen molar-refractivity contribution in [2.75, 3.05) is 33.8 Å². The van der Waals surface area contributed by atoms with Gasteiger partial charge in [0.2, 0.25) is 0 Å². The van der Waals surface area contributed by atoms with Gasteiger partial charge in [0.05, 0.1) is 12.5 Å². The molecule has 1 amide bonds. The second-order valence-electron chi connectivity index (χ2n) is 9.69. The highest BCUT2D eigenvalue weighted by atomic mass is 16.5. The minimum Gasteiger partial charge on any atom is -0.481 e. The zero-order chi connectivity index (χ0) is 23.7. The summed E-state index contributed by atoms with van der Waals surface area (Å²) in [6.45, 7) is 7.83. The average molecular weight is 447 g/mol. The largest absolute Gasteiger partial charge is 0.481 e. The van der Waals surface area contributed by atoms with E-state index < -0.39 is 23.4 Å². The summed E-state index contributed by atoms with van der Waals surface area (Å²) in [6, 6.07) is 8.19. The van der Waals surface area contributed by atoms with Crippen molar-refractivity contribution >= 4 is 12.1 Å². The smallest absolute Gasteiger partial charge is 0.407 e. The number of benzene rings is 1. The number of carboxylic acids is 1. The van der Waals surface area contributed by atoms with Crippen LogP contribution < -0.4 is 5.32 Å². The molecule has 1 aromatic carbocycles. The van der Waals surface area contributed by atoms with Gasteiger partial charge >= 0.3 is 12.1 Å². The Labute approximate surface area is 193 Å². The summed E-state index contributed by atoms with van der Waals surface area (Å²) < 4.78 is 5.05. The standard InChI is InChI=1S/C26H42N2O4/c1-6-22(19(3)17-28(4)5)20-12-11-13-21(16-20)23(24(29)30)26(14-9-8-10-15-26)18-27-25(31)32-7-2/h11-13,16,19,22-23H,6-10,14-15,17-18H2,1-5H3,(H,27,31)(H,29,30)/t19-,22-,23?/m0/s1. The average Bonchev–Trinajstić information content (AvgIpc) is 2.73. The van der Waals surface area contributed by atoms with E-state index in [9.17, 15) is 14.7 Å². The number of aliphatic carboxylic acids is 1. The van der Waals surface area contributed by atoms with Crippen molar-refractivity contribution in [1.82, 2.24) is 10.2 Å². The van der Waals surface area contributed by atoms with Gasteiger partial charge in [0.15, 0.2) is 0 Å². The van der Waals surface area contributed by atoms with Gasteiger partial charge in [-0.25, -0.2) is 4.79 Å². The van der Waals surface area contributed by atoms with Crippen LogP contribution in [0, 0.1) is 11.3 Å². The fourth-order valence-corrected chi connectivity index (χ4v) is 5.65. The lowest BCUT2D eigenvalue weighted by molar-refractivity contribution is -0.143. The van der Waals surface area contributed by atoms with E-state index in [1.165, 1.54) is 5.56 Å². The molecule has 1 fully saturated rings. The first-order valence-corrected chi connectivity index (χ1v) is 12.1. The molecule has 1 saturated carbocycles. The molecule has 2 N–H and O–H groups in total. The van der Waals surface area contributed by atoms with Crippen LogP contribution in [0.15, 0.2) is 24.3 Å².